The van der Waals surface area contributed by atoms with Gasteiger partial charge in [-0.3, -0.25) is 4.99 Å². The summed E-state index contributed by atoms with van der Waals surface area (Å²) in [7, 11) is 0. The molecular formula is C18H35IN4O4. The van der Waals surface area contributed by atoms with Crippen LogP contribution in [0.3, 0.4) is 0 Å². The van der Waals surface area contributed by atoms with Crippen LogP contribution in [0.1, 0.15) is 39.0 Å². The molecule has 0 aliphatic carbocycles. The van der Waals surface area contributed by atoms with Gasteiger partial charge in [0.25, 0.3) is 0 Å². The SMILES string of the molecule is CCOC(=O)N1CCC(NC(N)=NCCCOCC2CCOCC2)CC1.I. The van der Waals surface area contributed by atoms with Crippen LogP contribution in [0, 0.1) is 5.92 Å². The number of aliphatic imine (C=N–C) groups is 1. The van der Waals surface area contributed by atoms with Crippen LogP contribution in [0.2, 0.25) is 0 Å². The number of amides is 1. The molecule has 0 bridgehead atoms. The molecule has 158 valence electrons. The molecule has 2 heterocycles. The number of hydrogen-bond donors (Lipinski definition) is 2. The molecule has 27 heavy (non-hydrogen) atoms. The van der Waals surface area contributed by atoms with Crippen molar-refractivity contribution in [3.63, 3.8) is 0 Å². The van der Waals surface area contributed by atoms with Gasteiger partial charge in [0, 0.05) is 52.1 Å². The van der Waals surface area contributed by atoms with Gasteiger partial charge in [-0.1, -0.05) is 0 Å². The molecular weight excluding hydrogens is 463 g/mol. The minimum atomic E-state index is -0.228. The quantitative estimate of drug-likeness (QED) is 0.230. The summed E-state index contributed by atoms with van der Waals surface area (Å²) in [5.41, 5.74) is 5.96. The Labute approximate surface area is 179 Å². The molecule has 2 fully saturated rings. The predicted molar refractivity (Wildman–Crippen MR) is 116 cm³/mol. The summed E-state index contributed by atoms with van der Waals surface area (Å²) in [6, 6.07) is 0.259. The maximum Gasteiger partial charge on any atom is 0.409 e. The van der Waals surface area contributed by atoms with Crippen molar-refractivity contribution in [2.24, 2.45) is 16.6 Å². The van der Waals surface area contributed by atoms with Crippen LogP contribution in [0.25, 0.3) is 0 Å². The highest BCUT2D eigenvalue weighted by Crippen LogP contribution is 2.14. The molecule has 0 radical (unpaired) electrons. The molecule has 1 amide bonds. The number of nitrogens with two attached hydrogens (primary N) is 1. The van der Waals surface area contributed by atoms with Crippen LogP contribution in [-0.2, 0) is 14.2 Å². The average Bonchev–Trinajstić information content (AvgIpc) is 2.66. The fraction of sp³-hybridized carbons (Fsp3) is 0.889. The zero-order valence-electron chi connectivity index (χ0n) is 16.4. The molecule has 0 aromatic rings. The highest BCUT2D eigenvalue weighted by atomic mass is 127. The first-order valence-corrected chi connectivity index (χ1v) is 9.82. The number of piperidine rings is 1. The van der Waals surface area contributed by atoms with Gasteiger partial charge >= 0.3 is 6.09 Å². The molecule has 2 rings (SSSR count). The maximum atomic E-state index is 11.7. The number of nitrogens with zero attached hydrogens (tertiary/aromatic N) is 2. The van der Waals surface area contributed by atoms with Crippen molar-refractivity contribution < 1.29 is 19.0 Å². The first-order valence-electron chi connectivity index (χ1n) is 9.82. The molecule has 0 aromatic heterocycles. The monoisotopic (exact) mass is 498 g/mol. The van der Waals surface area contributed by atoms with E-state index in [1.807, 2.05) is 6.92 Å². The second-order valence-electron chi connectivity index (χ2n) is 6.86. The summed E-state index contributed by atoms with van der Waals surface area (Å²) in [4.78, 5) is 17.8. The van der Waals surface area contributed by atoms with E-state index in [0.717, 1.165) is 51.9 Å². The van der Waals surface area contributed by atoms with Gasteiger partial charge < -0.3 is 30.2 Å². The van der Waals surface area contributed by atoms with Gasteiger partial charge in [-0.25, -0.2) is 4.79 Å². The van der Waals surface area contributed by atoms with Gasteiger partial charge in [0.2, 0.25) is 0 Å². The van der Waals surface area contributed by atoms with Crippen molar-refractivity contribution in [1.82, 2.24) is 10.2 Å². The third-order valence-corrected chi connectivity index (χ3v) is 4.80. The third kappa shape index (κ3) is 9.79. The van der Waals surface area contributed by atoms with Crippen molar-refractivity contribution in [2.45, 2.75) is 45.1 Å². The molecule has 0 atom stereocenters. The fourth-order valence-electron chi connectivity index (χ4n) is 3.21. The van der Waals surface area contributed by atoms with Gasteiger partial charge in [-0.15, -0.1) is 24.0 Å². The molecule has 0 unspecified atom stereocenters. The topological polar surface area (TPSA) is 98.4 Å². The van der Waals surface area contributed by atoms with Crippen molar-refractivity contribution in [3.05, 3.63) is 0 Å². The Hall–Kier alpha value is -0.810. The van der Waals surface area contributed by atoms with Gasteiger partial charge in [-0.05, 0) is 44.9 Å². The molecule has 2 saturated heterocycles. The number of guanidine groups is 1. The Morgan fingerprint density at radius 1 is 1.26 bits per heavy atom. The van der Waals surface area contributed by atoms with E-state index >= 15 is 0 Å². The lowest BCUT2D eigenvalue weighted by molar-refractivity contribution is 0.0205. The smallest absolute Gasteiger partial charge is 0.409 e. The van der Waals surface area contributed by atoms with Crippen molar-refractivity contribution in [3.8, 4) is 0 Å². The Bertz CT molecular complexity index is 439. The first kappa shape index (κ1) is 24.2. The molecule has 9 heteroatoms. The van der Waals surface area contributed by atoms with E-state index in [0.29, 0.717) is 44.7 Å². The lowest BCUT2D eigenvalue weighted by Gasteiger charge is -2.31. The molecule has 2 aliphatic rings. The first-order chi connectivity index (χ1) is 12.7. The summed E-state index contributed by atoms with van der Waals surface area (Å²) in [6.45, 7) is 7.51. The number of carbonyl (C=O) groups is 1. The summed E-state index contributed by atoms with van der Waals surface area (Å²) < 4.78 is 16.1. The number of nitrogens with one attached hydrogen (secondary N) is 1. The largest absolute Gasteiger partial charge is 0.450 e. The summed E-state index contributed by atoms with van der Waals surface area (Å²) in [6.07, 6.45) is 4.54. The zero-order chi connectivity index (χ0) is 18.6. The van der Waals surface area contributed by atoms with E-state index in [1.54, 1.807) is 4.90 Å². The lowest BCUT2D eigenvalue weighted by atomic mass is 10.0. The molecule has 3 N–H and O–H groups in total. The number of likely N-dealkylation sites (tertiary alicyclic amines) is 1. The van der Waals surface area contributed by atoms with Gasteiger partial charge in [0.05, 0.1) is 6.61 Å². The molecule has 0 spiro atoms. The Morgan fingerprint density at radius 2 is 1.96 bits per heavy atom. The van der Waals surface area contributed by atoms with Gasteiger partial charge in [-0.2, -0.15) is 0 Å². The van der Waals surface area contributed by atoms with Crippen LogP contribution in [0.4, 0.5) is 4.79 Å². The summed E-state index contributed by atoms with van der Waals surface area (Å²) in [5.74, 6) is 1.11. The van der Waals surface area contributed by atoms with E-state index in [-0.39, 0.29) is 36.1 Å². The fourth-order valence-corrected chi connectivity index (χ4v) is 3.21. The standard InChI is InChI=1S/C18H34N4O4.HI/c1-2-26-18(23)22-9-4-16(5-10-22)21-17(19)20-8-3-11-25-14-15-6-12-24-13-7-15;/h15-16H,2-14H2,1H3,(H3,19,20,21);1H. The Morgan fingerprint density at radius 3 is 2.63 bits per heavy atom. The van der Waals surface area contributed by atoms with E-state index in [4.69, 9.17) is 19.9 Å². The number of ether oxygens (including phenoxy) is 3. The molecule has 2 aliphatic heterocycles. The van der Waals surface area contributed by atoms with E-state index in [2.05, 4.69) is 10.3 Å². The average molecular weight is 498 g/mol. The van der Waals surface area contributed by atoms with Crippen LogP contribution in [-0.4, -0.2) is 75.7 Å². The lowest BCUT2D eigenvalue weighted by Crippen LogP contribution is -2.48. The number of hydrogen-bond acceptors (Lipinski definition) is 5. The highest BCUT2D eigenvalue weighted by Gasteiger charge is 2.23. The normalized spacial score (nSPS) is 19.4. The van der Waals surface area contributed by atoms with E-state index in [9.17, 15) is 4.79 Å². The molecule has 8 nitrogen and oxygen atoms in total. The highest BCUT2D eigenvalue weighted by molar-refractivity contribution is 14.0. The Balaban J connectivity index is 0.00000364. The molecule has 0 saturated carbocycles. The predicted octanol–water partition coefficient (Wildman–Crippen LogP) is 1.96. The summed E-state index contributed by atoms with van der Waals surface area (Å²) >= 11 is 0. The maximum absolute atomic E-state index is 11.7. The van der Waals surface area contributed by atoms with Gasteiger partial charge in [0.1, 0.15) is 0 Å². The number of rotatable bonds is 8. The van der Waals surface area contributed by atoms with E-state index in [1.165, 1.54) is 0 Å². The second-order valence-corrected chi connectivity index (χ2v) is 6.86. The Kier molecular flexibility index (Phi) is 12.8. The zero-order valence-corrected chi connectivity index (χ0v) is 18.7. The van der Waals surface area contributed by atoms with Crippen LogP contribution < -0.4 is 11.1 Å². The van der Waals surface area contributed by atoms with Crippen molar-refractivity contribution in [2.75, 3.05) is 52.7 Å². The summed E-state index contributed by atoms with van der Waals surface area (Å²) in [5, 5.41) is 3.25. The minimum absolute atomic E-state index is 0. The van der Waals surface area contributed by atoms with Gasteiger partial charge in [0.15, 0.2) is 5.96 Å². The van der Waals surface area contributed by atoms with Crippen LogP contribution in [0.15, 0.2) is 4.99 Å². The number of carbonyl (C=O) groups excluding carboxylic acids is 1. The van der Waals surface area contributed by atoms with Crippen LogP contribution in [0.5, 0.6) is 0 Å². The minimum Gasteiger partial charge on any atom is -0.450 e. The second kappa shape index (κ2) is 14.2. The van der Waals surface area contributed by atoms with Crippen LogP contribution >= 0.6 is 24.0 Å². The number of halogens is 1. The molecule has 0 aromatic carbocycles. The van der Waals surface area contributed by atoms with Crippen molar-refractivity contribution in [1.29, 1.82) is 0 Å². The van der Waals surface area contributed by atoms with E-state index < -0.39 is 0 Å². The van der Waals surface area contributed by atoms with Crippen molar-refractivity contribution >= 4 is 36.0 Å². The third-order valence-electron chi connectivity index (χ3n) is 4.80.